The Balaban J connectivity index is 1.31. The zero-order valence-corrected chi connectivity index (χ0v) is 17.8. The Morgan fingerprint density at radius 3 is 2.91 bits per heavy atom. The quantitative estimate of drug-likeness (QED) is 0.349. The molecule has 0 radical (unpaired) electrons. The van der Waals surface area contributed by atoms with Gasteiger partial charge in [0, 0.05) is 36.2 Å². The second-order valence-corrected chi connectivity index (χ2v) is 8.34. The summed E-state index contributed by atoms with van der Waals surface area (Å²) < 4.78 is 12.8. The summed E-state index contributed by atoms with van der Waals surface area (Å²) in [5.74, 6) is 7.90. The van der Waals surface area contributed by atoms with E-state index in [0.29, 0.717) is 24.0 Å². The molecular formula is C22H23N7O3. The highest BCUT2D eigenvalue weighted by Crippen LogP contribution is 2.48. The van der Waals surface area contributed by atoms with Gasteiger partial charge in [-0.1, -0.05) is 12.1 Å². The SMILES string of the molecule is CN(N)Cc1cc(Oc2ccc3c(ccn3C(=O)Nc3cc(C4(C)CC4)on3)c2)ncn1. The molecule has 10 nitrogen and oxygen atoms in total. The number of nitrogens with one attached hydrogen (secondary N) is 1. The van der Waals surface area contributed by atoms with Crippen LogP contribution in [0.25, 0.3) is 10.9 Å². The Hall–Kier alpha value is -3.76. The number of amides is 1. The molecule has 0 bridgehead atoms. The maximum absolute atomic E-state index is 12.8. The Labute approximate surface area is 183 Å². The van der Waals surface area contributed by atoms with Crippen molar-refractivity contribution in [3.8, 4) is 11.6 Å². The summed E-state index contributed by atoms with van der Waals surface area (Å²) in [6, 6.07) is 10.5. The van der Waals surface area contributed by atoms with Crippen molar-refractivity contribution in [1.29, 1.82) is 0 Å². The van der Waals surface area contributed by atoms with Crippen LogP contribution < -0.4 is 15.9 Å². The average Bonchev–Trinajstić information content (AvgIpc) is 3.14. The van der Waals surface area contributed by atoms with Gasteiger partial charge in [-0.15, -0.1) is 0 Å². The highest BCUT2D eigenvalue weighted by atomic mass is 16.5. The van der Waals surface area contributed by atoms with Crippen molar-refractivity contribution in [2.45, 2.75) is 31.7 Å². The molecule has 1 amide bonds. The number of aromatic nitrogens is 4. The van der Waals surface area contributed by atoms with Crippen molar-refractivity contribution < 1.29 is 14.1 Å². The van der Waals surface area contributed by atoms with Crippen LogP contribution in [0.2, 0.25) is 0 Å². The molecule has 0 saturated heterocycles. The van der Waals surface area contributed by atoms with Crippen LogP contribution in [0.5, 0.6) is 11.6 Å². The molecule has 4 aromatic rings. The Morgan fingerprint density at radius 1 is 1.28 bits per heavy atom. The lowest BCUT2D eigenvalue weighted by molar-refractivity contribution is 0.254. The fraction of sp³-hybridized carbons (Fsp3) is 0.273. The van der Waals surface area contributed by atoms with Crippen LogP contribution in [-0.2, 0) is 12.0 Å². The standard InChI is InChI=1S/C22H23N7O3/c1-22(6-7-22)18-11-19(27-32-18)26-21(30)29-8-5-14-9-16(3-4-17(14)29)31-20-10-15(12-28(2)23)24-13-25-20/h3-5,8-11,13H,6-7,12,23H2,1-2H3,(H,26,27,30). The third-order valence-corrected chi connectivity index (χ3v) is 5.55. The number of ether oxygens (including phenoxy) is 1. The summed E-state index contributed by atoms with van der Waals surface area (Å²) in [6.07, 6.45) is 5.28. The van der Waals surface area contributed by atoms with E-state index in [4.69, 9.17) is 15.1 Å². The number of hydrogen-bond acceptors (Lipinski definition) is 8. The summed E-state index contributed by atoms with van der Waals surface area (Å²) in [7, 11) is 1.76. The summed E-state index contributed by atoms with van der Waals surface area (Å²) in [4.78, 5) is 21.1. The van der Waals surface area contributed by atoms with E-state index >= 15 is 0 Å². The number of anilines is 1. The first kappa shape index (κ1) is 20.2. The molecule has 1 aliphatic carbocycles. The zero-order chi connectivity index (χ0) is 22.3. The molecule has 0 aliphatic heterocycles. The second-order valence-electron chi connectivity index (χ2n) is 8.34. The van der Waals surface area contributed by atoms with Gasteiger partial charge in [0.05, 0.1) is 17.8 Å². The minimum atomic E-state index is -0.319. The van der Waals surface area contributed by atoms with E-state index in [9.17, 15) is 4.79 Å². The highest BCUT2D eigenvalue weighted by Gasteiger charge is 2.43. The van der Waals surface area contributed by atoms with Crippen molar-refractivity contribution in [2.75, 3.05) is 12.4 Å². The first-order valence-electron chi connectivity index (χ1n) is 10.2. The largest absolute Gasteiger partial charge is 0.439 e. The molecule has 10 heteroatoms. The summed E-state index contributed by atoms with van der Waals surface area (Å²) in [5.41, 5.74) is 1.54. The molecule has 5 rings (SSSR count). The molecule has 1 saturated carbocycles. The number of nitrogens with zero attached hydrogens (tertiary/aromatic N) is 5. The van der Waals surface area contributed by atoms with Gasteiger partial charge in [-0.2, -0.15) is 0 Å². The highest BCUT2D eigenvalue weighted by molar-refractivity contribution is 5.98. The van der Waals surface area contributed by atoms with Crippen LogP contribution in [-0.4, -0.2) is 37.8 Å². The smallest absolute Gasteiger partial charge is 0.331 e. The Bertz CT molecular complexity index is 1290. The minimum Gasteiger partial charge on any atom is -0.439 e. The van der Waals surface area contributed by atoms with Gasteiger partial charge in [-0.25, -0.2) is 19.8 Å². The number of benzene rings is 1. The Kier molecular flexibility index (Phi) is 4.87. The maximum Gasteiger partial charge on any atom is 0.331 e. The topological polar surface area (TPSA) is 124 Å². The monoisotopic (exact) mass is 433 g/mol. The number of nitrogens with two attached hydrogens (primary N) is 1. The molecule has 3 aromatic heterocycles. The van der Waals surface area contributed by atoms with Gasteiger partial charge in [0.2, 0.25) is 5.88 Å². The van der Waals surface area contributed by atoms with Gasteiger partial charge in [-0.3, -0.25) is 15.7 Å². The molecule has 1 aromatic carbocycles. The molecule has 3 heterocycles. The lowest BCUT2D eigenvalue weighted by Gasteiger charge is -2.10. The van der Waals surface area contributed by atoms with E-state index in [1.807, 2.05) is 18.2 Å². The van der Waals surface area contributed by atoms with Gasteiger partial charge in [0.1, 0.15) is 17.8 Å². The lowest BCUT2D eigenvalue weighted by atomic mass is 10.1. The van der Waals surface area contributed by atoms with E-state index in [0.717, 1.165) is 35.2 Å². The number of hydrogen-bond donors (Lipinski definition) is 2. The fourth-order valence-corrected chi connectivity index (χ4v) is 3.48. The number of hydrazine groups is 1. The molecule has 0 atom stereocenters. The van der Waals surface area contributed by atoms with Crippen molar-refractivity contribution >= 4 is 22.8 Å². The third kappa shape index (κ3) is 4.05. The fourth-order valence-electron chi connectivity index (χ4n) is 3.48. The van der Waals surface area contributed by atoms with E-state index in [2.05, 4.69) is 27.4 Å². The minimum absolute atomic E-state index is 0.0528. The van der Waals surface area contributed by atoms with E-state index in [-0.39, 0.29) is 11.4 Å². The third-order valence-electron chi connectivity index (χ3n) is 5.55. The van der Waals surface area contributed by atoms with Gasteiger partial charge in [0.15, 0.2) is 5.82 Å². The number of fused-ring (bicyclic) bond motifs is 1. The van der Waals surface area contributed by atoms with Gasteiger partial charge in [-0.05, 0) is 37.1 Å². The van der Waals surface area contributed by atoms with Crippen LogP contribution in [0.4, 0.5) is 10.6 Å². The van der Waals surface area contributed by atoms with E-state index < -0.39 is 0 Å². The molecular weight excluding hydrogens is 410 g/mol. The zero-order valence-electron chi connectivity index (χ0n) is 17.8. The van der Waals surface area contributed by atoms with Crippen LogP contribution in [0, 0.1) is 0 Å². The van der Waals surface area contributed by atoms with Crippen LogP contribution in [0.3, 0.4) is 0 Å². The first-order valence-corrected chi connectivity index (χ1v) is 10.2. The molecule has 3 N–H and O–H groups in total. The summed E-state index contributed by atoms with van der Waals surface area (Å²) in [5, 5.41) is 9.14. The predicted molar refractivity (Wildman–Crippen MR) is 117 cm³/mol. The molecule has 164 valence electrons. The normalized spacial score (nSPS) is 14.6. The molecule has 1 aliphatic rings. The van der Waals surface area contributed by atoms with Crippen LogP contribution in [0.1, 0.15) is 31.2 Å². The van der Waals surface area contributed by atoms with Gasteiger partial charge >= 0.3 is 6.03 Å². The average molecular weight is 433 g/mol. The van der Waals surface area contributed by atoms with Gasteiger partial charge in [0.25, 0.3) is 0 Å². The van der Waals surface area contributed by atoms with Crippen molar-refractivity contribution in [1.82, 2.24) is 24.7 Å². The predicted octanol–water partition coefficient (Wildman–Crippen LogP) is 3.65. The van der Waals surface area contributed by atoms with Gasteiger partial charge < -0.3 is 9.26 Å². The van der Waals surface area contributed by atoms with E-state index in [1.54, 1.807) is 31.4 Å². The summed E-state index contributed by atoms with van der Waals surface area (Å²) in [6.45, 7) is 2.60. The van der Waals surface area contributed by atoms with Crippen LogP contribution >= 0.6 is 0 Å². The number of carbonyl (C=O) groups is 1. The maximum atomic E-state index is 12.8. The summed E-state index contributed by atoms with van der Waals surface area (Å²) >= 11 is 0. The molecule has 1 fully saturated rings. The molecule has 0 unspecified atom stereocenters. The van der Waals surface area contributed by atoms with Crippen molar-refractivity contribution in [3.05, 3.63) is 60.4 Å². The first-order chi connectivity index (χ1) is 15.4. The second kappa shape index (κ2) is 7.74. The lowest BCUT2D eigenvalue weighted by Crippen LogP contribution is -2.25. The van der Waals surface area contributed by atoms with Crippen molar-refractivity contribution in [3.63, 3.8) is 0 Å². The van der Waals surface area contributed by atoms with Crippen molar-refractivity contribution in [2.24, 2.45) is 5.84 Å². The number of rotatable bonds is 6. The molecule has 32 heavy (non-hydrogen) atoms. The van der Waals surface area contributed by atoms with Crippen LogP contribution in [0.15, 0.2) is 53.4 Å². The number of carbonyl (C=O) groups excluding carboxylic acids is 1. The molecule has 0 spiro atoms. The van der Waals surface area contributed by atoms with E-state index in [1.165, 1.54) is 15.9 Å². The Morgan fingerprint density at radius 2 is 2.12 bits per heavy atom.